The highest BCUT2D eigenvalue weighted by atomic mass is 15.0. The Kier molecular flexibility index (Phi) is 3.51. The Labute approximate surface area is 141 Å². The van der Waals surface area contributed by atoms with E-state index < -0.39 is 0 Å². The summed E-state index contributed by atoms with van der Waals surface area (Å²) in [5.74, 6) is 0.480. The van der Waals surface area contributed by atoms with Crippen LogP contribution >= 0.6 is 0 Å². The van der Waals surface area contributed by atoms with Crippen LogP contribution in [-0.2, 0) is 0 Å². The molecule has 0 atom stereocenters. The first-order valence-electron chi connectivity index (χ1n) is 8.06. The maximum absolute atomic E-state index is 8.68. The molecule has 4 aromatic rings. The summed E-state index contributed by atoms with van der Waals surface area (Å²) in [7, 11) is 0. The van der Waals surface area contributed by atoms with E-state index in [2.05, 4.69) is 43.3 Å². The van der Waals surface area contributed by atoms with Crippen LogP contribution in [0.25, 0.3) is 27.4 Å². The first-order valence-corrected chi connectivity index (χ1v) is 8.06. The van der Waals surface area contributed by atoms with E-state index in [4.69, 9.17) is 5.41 Å². The second-order valence-electron chi connectivity index (χ2n) is 5.95. The van der Waals surface area contributed by atoms with E-state index >= 15 is 0 Å². The molecule has 116 valence electrons. The van der Waals surface area contributed by atoms with E-state index in [0.717, 1.165) is 22.2 Å². The summed E-state index contributed by atoms with van der Waals surface area (Å²) in [6.45, 7) is 2.05. The summed E-state index contributed by atoms with van der Waals surface area (Å²) in [6, 6.07) is 26.8. The lowest BCUT2D eigenvalue weighted by Crippen LogP contribution is -2.07. The van der Waals surface area contributed by atoms with Crippen LogP contribution < -0.4 is 0 Å². The van der Waals surface area contributed by atoms with E-state index in [1.54, 1.807) is 0 Å². The third-order valence-corrected chi connectivity index (χ3v) is 4.40. The lowest BCUT2D eigenvalue weighted by Gasteiger charge is -2.07. The van der Waals surface area contributed by atoms with E-state index in [1.165, 1.54) is 10.8 Å². The number of aromatic nitrogens is 1. The minimum Gasteiger partial charge on any atom is -0.294 e. The molecule has 0 saturated heterocycles. The molecule has 1 aromatic heterocycles. The Morgan fingerprint density at radius 2 is 1.25 bits per heavy atom. The fourth-order valence-corrected chi connectivity index (χ4v) is 3.24. The average molecular weight is 310 g/mol. The molecule has 2 heteroatoms. The van der Waals surface area contributed by atoms with Gasteiger partial charge in [-0.05, 0) is 36.3 Å². The zero-order valence-corrected chi connectivity index (χ0v) is 13.5. The van der Waals surface area contributed by atoms with Crippen molar-refractivity contribution in [1.82, 2.24) is 4.57 Å². The fourth-order valence-electron chi connectivity index (χ4n) is 3.24. The lowest BCUT2D eigenvalue weighted by molar-refractivity contribution is 1.24. The summed E-state index contributed by atoms with van der Waals surface area (Å²) >= 11 is 0. The van der Waals surface area contributed by atoms with Crippen LogP contribution in [0.5, 0.6) is 0 Å². The topological polar surface area (TPSA) is 28.8 Å². The van der Waals surface area contributed by atoms with Gasteiger partial charge in [0.15, 0.2) is 0 Å². The van der Waals surface area contributed by atoms with E-state index in [0.29, 0.717) is 5.84 Å². The van der Waals surface area contributed by atoms with Crippen molar-refractivity contribution in [2.45, 2.75) is 6.92 Å². The monoisotopic (exact) mass is 310 g/mol. The molecule has 4 rings (SSSR count). The zero-order chi connectivity index (χ0) is 16.5. The molecule has 24 heavy (non-hydrogen) atoms. The van der Waals surface area contributed by atoms with Gasteiger partial charge in [0, 0.05) is 10.8 Å². The minimum absolute atomic E-state index is 0.480. The lowest BCUT2D eigenvalue weighted by atomic mass is 10.1. The van der Waals surface area contributed by atoms with Crippen LogP contribution in [0.15, 0.2) is 84.9 Å². The van der Waals surface area contributed by atoms with Gasteiger partial charge in [-0.1, -0.05) is 66.7 Å². The maximum atomic E-state index is 8.68. The number of nitrogens with zero attached hydrogens (tertiary/aromatic N) is 1. The third kappa shape index (κ3) is 2.33. The quantitative estimate of drug-likeness (QED) is 0.362. The summed E-state index contributed by atoms with van der Waals surface area (Å²) in [6.07, 6.45) is 1.94. The van der Waals surface area contributed by atoms with Gasteiger partial charge >= 0.3 is 0 Å². The molecular formula is C22H18N2. The first-order chi connectivity index (χ1) is 11.8. The Hall–Kier alpha value is -3.13. The molecular weight excluding hydrogens is 292 g/mol. The van der Waals surface area contributed by atoms with Gasteiger partial charge in [-0.15, -0.1) is 0 Å². The highest BCUT2D eigenvalue weighted by Crippen LogP contribution is 2.29. The van der Waals surface area contributed by atoms with E-state index in [9.17, 15) is 0 Å². The third-order valence-electron chi connectivity index (χ3n) is 4.40. The van der Waals surface area contributed by atoms with Crippen LogP contribution in [0.3, 0.4) is 0 Å². The largest absolute Gasteiger partial charge is 0.294 e. The number of nitrogens with one attached hydrogen (secondary N) is 1. The number of benzene rings is 3. The molecule has 0 saturated carbocycles. The SMILES string of the molecule is C/C(=C\C(=N)n1c2ccccc2c2ccccc21)c1ccccc1. The van der Waals surface area contributed by atoms with E-state index in [-0.39, 0.29) is 0 Å². The van der Waals surface area contributed by atoms with Crippen molar-refractivity contribution in [2.24, 2.45) is 0 Å². The number of fused-ring (bicyclic) bond motifs is 3. The predicted octanol–water partition coefficient (Wildman–Crippen LogP) is 5.72. The molecule has 0 unspecified atom stereocenters. The number of allylic oxidation sites excluding steroid dienone is 2. The van der Waals surface area contributed by atoms with Crippen molar-refractivity contribution in [3.63, 3.8) is 0 Å². The smallest absolute Gasteiger partial charge is 0.130 e. The van der Waals surface area contributed by atoms with Crippen molar-refractivity contribution in [2.75, 3.05) is 0 Å². The number of hydrogen-bond donors (Lipinski definition) is 1. The Balaban J connectivity index is 1.91. The van der Waals surface area contributed by atoms with Crippen LogP contribution in [0, 0.1) is 5.41 Å². The summed E-state index contributed by atoms with van der Waals surface area (Å²) in [5, 5.41) is 11.0. The first kappa shape index (κ1) is 14.5. The molecule has 0 fully saturated rings. The molecule has 0 bridgehead atoms. The van der Waals surface area contributed by atoms with Crippen molar-refractivity contribution in [3.05, 3.63) is 90.5 Å². The molecule has 0 amide bonds. The van der Waals surface area contributed by atoms with Crippen LogP contribution in [0.4, 0.5) is 0 Å². The number of rotatable bonds is 2. The maximum Gasteiger partial charge on any atom is 0.130 e. The Morgan fingerprint density at radius 3 is 1.83 bits per heavy atom. The van der Waals surface area contributed by atoms with Gasteiger partial charge in [-0.3, -0.25) is 9.98 Å². The second kappa shape index (κ2) is 5.82. The van der Waals surface area contributed by atoms with Crippen molar-refractivity contribution < 1.29 is 0 Å². The average Bonchev–Trinajstić information content (AvgIpc) is 2.97. The van der Waals surface area contributed by atoms with Gasteiger partial charge < -0.3 is 0 Å². The summed E-state index contributed by atoms with van der Waals surface area (Å²) < 4.78 is 2.02. The molecule has 0 radical (unpaired) electrons. The molecule has 1 N–H and O–H groups in total. The molecule has 1 heterocycles. The highest BCUT2D eigenvalue weighted by Gasteiger charge is 2.12. The molecule has 0 spiro atoms. The van der Waals surface area contributed by atoms with Gasteiger partial charge in [0.25, 0.3) is 0 Å². The molecule has 0 aliphatic rings. The van der Waals surface area contributed by atoms with Crippen LogP contribution in [0.1, 0.15) is 12.5 Å². The fraction of sp³-hybridized carbons (Fsp3) is 0.0455. The number of hydrogen-bond acceptors (Lipinski definition) is 1. The zero-order valence-electron chi connectivity index (χ0n) is 13.5. The van der Waals surface area contributed by atoms with Crippen molar-refractivity contribution in [1.29, 1.82) is 5.41 Å². The normalized spacial score (nSPS) is 12.0. The number of para-hydroxylation sites is 2. The summed E-state index contributed by atoms with van der Waals surface area (Å²) in [5.41, 5.74) is 4.37. The van der Waals surface area contributed by atoms with Gasteiger partial charge in [0.1, 0.15) is 5.84 Å². The van der Waals surface area contributed by atoms with Gasteiger partial charge in [0.2, 0.25) is 0 Å². The Morgan fingerprint density at radius 1 is 0.750 bits per heavy atom. The highest BCUT2D eigenvalue weighted by molar-refractivity contribution is 6.16. The van der Waals surface area contributed by atoms with Gasteiger partial charge in [-0.2, -0.15) is 0 Å². The standard InChI is InChI=1S/C22H18N2/c1-16(17-9-3-2-4-10-17)15-22(23)24-20-13-7-5-11-18(20)19-12-6-8-14-21(19)24/h2-15,23H,1H3/b16-15+,23-22?. The van der Waals surface area contributed by atoms with Crippen LogP contribution in [-0.4, -0.2) is 10.4 Å². The second-order valence-corrected chi connectivity index (χ2v) is 5.95. The Bertz CT molecular complexity index is 1020. The minimum atomic E-state index is 0.480. The molecule has 0 aliphatic heterocycles. The van der Waals surface area contributed by atoms with Gasteiger partial charge in [-0.25, -0.2) is 0 Å². The van der Waals surface area contributed by atoms with E-state index in [1.807, 2.05) is 53.1 Å². The predicted molar refractivity (Wildman–Crippen MR) is 103 cm³/mol. The molecule has 2 nitrogen and oxygen atoms in total. The van der Waals surface area contributed by atoms with Gasteiger partial charge in [0.05, 0.1) is 11.0 Å². The van der Waals surface area contributed by atoms with Crippen molar-refractivity contribution >= 4 is 33.2 Å². The van der Waals surface area contributed by atoms with Crippen LogP contribution in [0.2, 0.25) is 0 Å². The summed E-state index contributed by atoms with van der Waals surface area (Å²) in [4.78, 5) is 0. The molecule has 3 aromatic carbocycles. The van der Waals surface area contributed by atoms with Crippen molar-refractivity contribution in [3.8, 4) is 0 Å². The molecule has 0 aliphatic carbocycles.